The third-order valence-corrected chi connectivity index (χ3v) is 8.77. The molecular weight excluding hydrogens is 410 g/mol. The Morgan fingerprint density at radius 2 is 1.43 bits per heavy atom. The quantitative estimate of drug-likeness (QED) is 0.550. The van der Waals surface area contributed by atoms with E-state index in [0.29, 0.717) is 28.3 Å². The summed E-state index contributed by atoms with van der Waals surface area (Å²) in [6.07, 6.45) is -0.687. The lowest BCUT2D eigenvalue weighted by atomic mass is 9.80. The molecule has 2 bridgehead atoms. The van der Waals surface area contributed by atoms with E-state index < -0.39 is 18.5 Å². The van der Waals surface area contributed by atoms with Crippen LogP contribution >= 0.6 is 22.7 Å². The molecule has 4 rings (SSSR count). The molecule has 2 aromatic rings. The molecule has 1 N–H and O–H groups in total. The summed E-state index contributed by atoms with van der Waals surface area (Å²) >= 11 is 1.75. The standard InChI is InChI=1S/C20H23F4NOS2/c1-25-12-2-3-13(25)9-11(8-12)10-20(26,16-6-4-14(27-16)18(21)22)17-7-5-15(28-17)19(23)24/h4-7,11-13,18-19,26H,2-3,8-10H2,1H3/t11?,12-,13+. The van der Waals surface area contributed by atoms with Crippen molar-refractivity contribution in [3.05, 3.63) is 43.8 Å². The van der Waals surface area contributed by atoms with Gasteiger partial charge in [-0.2, -0.15) is 0 Å². The van der Waals surface area contributed by atoms with Gasteiger partial charge in [-0.15, -0.1) is 22.7 Å². The van der Waals surface area contributed by atoms with Crippen molar-refractivity contribution in [1.29, 1.82) is 0 Å². The molecule has 0 spiro atoms. The highest BCUT2D eigenvalue weighted by atomic mass is 32.1. The predicted molar refractivity (Wildman–Crippen MR) is 103 cm³/mol. The first kappa shape index (κ1) is 20.3. The Morgan fingerprint density at radius 1 is 0.964 bits per heavy atom. The Balaban J connectivity index is 1.66. The number of aliphatic hydroxyl groups is 1. The van der Waals surface area contributed by atoms with E-state index in [-0.39, 0.29) is 15.7 Å². The van der Waals surface area contributed by atoms with Crippen molar-refractivity contribution >= 4 is 22.7 Å². The molecule has 28 heavy (non-hydrogen) atoms. The van der Waals surface area contributed by atoms with Crippen molar-refractivity contribution in [3.63, 3.8) is 0 Å². The van der Waals surface area contributed by atoms with Gasteiger partial charge in [0.1, 0.15) is 5.60 Å². The lowest BCUT2D eigenvalue weighted by molar-refractivity contribution is 0.0321. The predicted octanol–water partition coefficient (Wildman–Crippen LogP) is 6.18. The first-order valence-corrected chi connectivity index (χ1v) is 11.1. The van der Waals surface area contributed by atoms with Crippen LogP contribution in [0.4, 0.5) is 17.6 Å². The molecular formula is C20H23F4NOS2. The van der Waals surface area contributed by atoms with Crippen LogP contribution in [0.1, 0.15) is 64.5 Å². The monoisotopic (exact) mass is 433 g/mol. The Hall–Kier alpha value is -0.960. The van der Waals surface area contributed by atoms with Crippen molar-refractivity contribution in [2.45, 2.75) is 62.6 Å². The molecule has 3 atom stereocenters. The number of piperidine rings is 1. The van der Waals surface area contributed by atoms with E-state index in [1.807, 2.05) is 0 Å². The normalized spacial score (nSPS) is 25.9. The zero-order chi connectivity index (χ0) is 20.1. The van der Waals surface area contributed by atoms with E-state index in [1.165, 1.54) is 24.3 Å². The first-order valence-electron chi connectivity index (χ1n) is 9.49. The minimum atomic E-state index is -2.61. The molecule has 2 aliphatic rings. The van der Waals surface area contributed by atoms with Gasteiger partial charge in [-0.1, -0.05) is 0 Å². The van der Waals surface area contributed by atoms with E-state index in [2.05, 4.69) is 11.9 Å². The van der Waals surface area contributed by atoms with Gasteiger partial charge < -0.3 is 10.0 Å². The maximum atomic E-state index is 13.1. The molecule has 1 unspecified atom stereocenters. The molecule has 0 radical (unpaired) electrons. The highest BCUT2D eigenvalue weighted by molar-refractivity contribution is 7.13. The number of nitrogens with zero attached hydrogens (tertiary/aromatic N) is 1. The minimum absolute atomic E-state index is 0.109. The number of thiophene rings is 2. The van der Waals surface area contributed by atoms with Crippen LogP contribution in [0.5, 0.6) is 0 Å². The van der Waals surface area contributed by atoms with Crippen LogP contribution in [0, 0.1) is 5.92 Å². The average Bonchev–Trinajstić information content (AvgIpc) is 3.35. The summed E-state index contributed by atoms with van der Waals surface area (Å²) in [4.78, 5) is 3.01. The maximum Gasteiger partial charge on any atom is 0.272 e. The van der Waals surface area contributed by atoms with Crippen LogP contribution in [0.3, 0.4) is 0 Å². The summed E-state index contributed by atoms with van der Waals surface area (Å²) in [7, 11) is 2.13. The largest absolute Gasteiger partial charge is 0.379 e. The van der Waals surface area contributed by atoms with Crippen LogP contribution < -0.4 is 0 Å². The zero-order valence-corrected chi connectivity index (χ0v) is 17.1. The molecule has 0 saturated carbocycles. The van der Waals surface area contributed by atoms with Crippen molar-refractivity contribution in [1.82, 2.24) is 4.90 Å². The molecule has 0 aromatic carbocycles. The van der Waals surface area contributed by atoms with Crippen LogP contribution in [0.25, 0.3) is 0 Å². The summed E-state index contributed by atoms with van der Waals surface area (Å²) < 4.78 is 52.5. The van der Waals surface area contributed by atoms with Crippen LogP contribution in [0.2, 0.25) is 0 Å². The van der Waals surface area contributed by atoms with Crippen LogP contribution in [-0.2, 0) is 5.60 Å². The van der Waals surface area contributed by atoms with Gasteiger partial charge in [0.25, 0.3) is 12.9 Å². The van der Waals surface area contributed by atoms with E-state index in [9.17, 15) is 22.7 Å². The Bertz CT molecular complexity index is 760. The van der Waals surface area contributed by atoms with E-state index in [0.717, 1.165) is 48.4 Å². The van der Waals surface area contributed by atoms with Gasteiger partial charge in [-0.3, -0.25) is 0 Å². The fraction of sp³-hybridized carbons (Fsp3) is 0.600. The van der Waals surface area contributed by atoms with E-state index >= 15 is 0 Å². The van der Waals surface area contributed by atoms with E-state index in [1.54, 1.807) is 0 Å². The van der Waals surface area contributed by atoms with Gasteiger partial charge in [-0.25, -0.2) is 17.6 Å². The van der Waals surface area contributed by atoms with Gasteiger partial charge in [0.05, 0.1) is 9.75 Å². The molecule has 4 heterocycles. The van der Waals surface area contributed by atoms with Gasteiger partial charge >= 0.3 is 0 Å². The number of hydrogen-bond acceptors (Lipinski definition) is 4. The molecule has 2 saturated heterocycles. The van der Waals surface area contributed by atoms with Crippen LogP contribution in [-0.4, -0.2) is 29.1 Å². The number of fused-ring (bicyclic) bond motifs is 2. The highest BCUT2D eigenvalue weighted by Crippen LogP contribution is 2.48. The maximum absolute atomic E-state index is 13.1. The summed E-state index contributed by atoms with van der Waals surface area (Å²) in [5.41, 5.74) is -1.50. The summed E-state index contributed by atoms with van der Waals surface area (Å²) in [5, 5.41) is 11.7. The molecule has 2 fully saturated rings. The zero-order valence-electron chi connectivity index (χ0n) is 15.5. The second kappa shape index (κ2) is 7.70. The number of alkyl halides is 4. The fourth-order valence-electron chi connectivity index (χ4n) is 4.82. The second-order valence-corrected chi connectivity index (χ2v) is 10.2. The lowest BCUT2D eigenvalue weighted by Gasteiger charge is -2.39. The third kappa shape index (κ3) is 3.64. The summed E-state index contributed by atoms with van der Waals surface area (Å²) in [6, 6.07) is 6.67. The number of rotatable bonds is 6. The van der Waals surface area contributed by atoms with Gasteiger partial charge in [0.2, 0.25) is 0 Å². The SMILES string of the molecule is CN1[C@@H]2CC[C@H]1CC(CC(O)(c1ccc(C(F)F)s1)c1ccc(C(F)F)s1)C2. The molecule has 8 heteroatoms. The van der Waals surface area contributed by atoms with Gasteiger partial charge in [-0.05, 0) is 69.3 Å². The molecule has 2 aliphatic heterocycles. The van der Waals surface area contributed by atoms with Crippen molar-refractivity contribution in [3.8, 4) is 0 Å². The molecule has 0 amide bonds. The fourth-order valence-corrected chi connectivity index (χ4v) is 6.84. The van der Waals surface area contributed by atoms with Gasteiger partial charge in [0.15, 0.2) is 0 Å². The van der Waals surface area contributed by atoms with Gasteiger partial charge in [0, 0.05) is 21.8 Å². The Morgan fingerprint density at radius 3 is 1.82 bits per heavy atom. The lowest BCUT2D eigenvalue weighted by Crippen LogP contribution is -2.42. The molecule has 2 nitrogen and oxygen atoms in total. The minimum Gasteiger partial charge on any atom is -0.379 e. The van der Waals surface area contributed by atoms with E-state index in [4.69, 9.17) is 0 Å². The van der Waals surface area contributed by atoms with Crippen molar-refractivity contribution in [2.75, 3.05) is 7.05 Å². The second-order valence-electron chi connectivity index (χ2n) is 7.96. The van der Waals surface area contributed by atoms with Crippen LogP contribution in [0.15, 0.2) is 24.3 Å². The average molecular weight is 434 g/mol. The molecule has 0 aliphatic carbocycles. The van der Waals surface area contributed by atoms with Crippen molar-refractivity contribution in [2.24, 2.45) is 5.92 Å². The Labute approximate surface area is 169 Å². The molecule has 2 aromatic heterocycles. The van der Waals surface area contributed by atoms with Crippen molar-refractivity contribution < 1.29 is 22.7 Å². The highest BCUT2D eigenvalue weighted by Gasteiger charge is 2.44. The summed E-state index contributed by atoms with van der Waals surface area (Å²) in [5.74, 6) is 0.230. The third-order valence-electron chi connectivity index (χ3n) is 6.28. The number of hydrogen-bond donors (Lipinski definition) is 1. The smallest absolute Gasteiger partial charge is 0.272 e. The summed E-state index contributed by atoms with van der Waals surface area (Å²) in [6.45, 7) is 0. The number of halogens is 4. The first-order chi connectivity index (χ1) is 13.3. The topological polar surface area (TPSA) is 23.5 Å². The molecule has 154 valence electrons. The Kier molecular flexibility index (Phi) is 5.59.